The van der Waals surface area contributed by atoms with E-state index in [4.69, 9.17) is 0 Å². The van der Waals surface area contributed by atoms with Crippen molar-refractivity contribution in [3.8, 4) is 0 Å². The molecule has 0 aliphatic rings. The number of fused-ring (bicyclic) bond motifs is 1. The van der Waals surface area contributed by atoms with Crippen molar-refractivity contribution in [3.05, 3.63) is 70.4 Å². The second-order valence-corrected chi connectivity index (χ2v) is 6.01. The molecule has 0 atom stereocenters. The summed E-state index contributed by atoms with van der Waals surface area (Å²) in [6.45, 7) is 0. The van der Waals surface area contributed by atoms with Gasteiger partial charge >= 0.3 is 0 Å². The minimum absolute atomic E-state index is 0.314. The molecular weight excluding hydrogens is 264 g/mol. The van der Waals surface area contributed by atoms with E-state index in [1.807, 2.05) is 18.2 Å². The second-order valence-electron chi connectivity index (χ2n) is 4.98. The fraction of sp³-hybridized carbons (Fsp3) is 0.167. The van der Waals surface area contributed by atoms with E-state index in [0.29, 0.717) is 18.6 Å². The van der Waals surface area contributed by atoms with Crippen LogP contribution in [0.3, 0.4) is 0 Å². The Morgan fingerprint density at radius 3 is 2.60 bits per heavy atom. The molecule has 0 amide bonds. The molecule has 0 radical (unpaired) electrons. The predicted octanol–water partition coefficient (Wildman–Crippen LogP) is 4.65. The minimum atomic E-state index is 0.314. The van der Waals surface area contributed by atoms with E-state index in [2.05, 4.69) is 41.8 Å². The zero-order valence-electron chi connectivity index (χ0n) is 11.2. The van der Waals surface area contributed by atoms with Crippen molar-refractivity contribution in [3.63, 3.8) is 0 Å². The molecule has 2 aromatic carbocycles. The smallest absolute Gasteiger partial charge is 0.137 e. The Bertz CT molecular complexity index is 713. The summed E-state index contributed by atoms with van der Waals surface area (Å²) in [5, 5.41) is 4.49. The van der Waals surface area contributed by atoms with Crippen LogP contribution in [0.15, 0.2) is 60.0 Å². The fourth-order valence-electron chi connectivity index (χ4n) is 2.38. The number of Topliss-reactive ketones (excluding diaryl/α,β-unsaturated/α-hetero) is 1. The Morgan fingerprint density at radius 1 is 0.950 bits per heavy atom. The van der Waals surface area contributed by atoms with E-state index in [1.165, 1.54) is 15.6 Å². The lowest BCUT2D eigenvalue weighted by atomic mass is 10.0. The molecule has 0 aliphatic carbocycles. The minimum Gasteiger partial charge on any atom is -0.299 e. The van der Waals surface area contributed by atoms with E-state index in [-0.39, 0.29) is 0 Å². The van der Waals surface area contributed by atoms with Gasteiger partial charge in [0, 0.05) is 17.7 Å². The molecule has 20 heavy (non-hydrogen) atoms. The summed E-state index contributed by atoms with van der Waals surface area (Å²) in [7, 11) is 0. The van der Waals surface area contributed by atoms with Crippen LogP contribution in [-0.2, 0) is 17.6 Å². The summed E-state index contributed by atoms with van der Waals surface area (Å²) >= 11 is 1.72. The SMILES string of the molecule is O=C(CCc1cccs1)Cc1ccc2ccccc2c1. The maximum Gasteiger partial charge on any atom is 0.137 e. The van der Waals surface area contributed by atoms with Crippen LogP contribution < -0.4 is 0 Å². The van der Waals surface area contributed by atoms with E-state index in [0.717, 1.165) is 12.0 Å². The lowest BCUT2D eigenvalue weighted by molar-refractivity contribution is -0.118. The lowest BCUT2D eigenvalue weighted by Gasteiger charge is -2.03. The molecule has 0 fully saturated rings. The number of benzene rings is 2. The molecule has 0 bridgehead atoms. The van der Waals surface area contributed by atoms with E-state index < -0.39 is 0 Å². The maximum atomic E-state index is 12.0. The highest BCUT2D eigenvalue weighted by Crippen LogP contribution is 2.17. The average molecular weight is 280 g/mol. The molecule has 0 unspecified atom stereocenters. The third-order valence-corrected chi connectivity index (χ3v) is 4.38. The monoisotopic (exact) mass is 280 g/mol. The van der Waals surface area contributed by atoms with Gasteiger partial charge in [-0.05, 0) is 34.2 Å². The quantitative estimate of drug-likeness (QED) is 0.665. The topological polar surface area (TPSA) is 17.1 Å². The van der Waals surface area contributed by atoms with Crippen molar-refractivity contribution in [2.24, 2.45) is 0 Å². The summed E-state index contributed by atoms with van der Waals surface area (Å²) in [5.74, 6) is 0.314. The van der Waals surface area contributed by atoms with Gasteiger partial charge < -0.3 is 0 Å². The van der Waals surface area contributed by atoms with Gasteiger partial charge in [0.2, 0.25) is 0 Å². The molecule has 1 heterocycles. The van der Waals surface area contributed by atoms with Crippen LogP contribution in [0.1, 0.15) is 16.9 Å². The van der Waals surface area contributed by atoms with Gasteiger partial charge in [-0.25, -0.2) is 0 Å². The summed E-state index contributed by atoms with van der Waals surface area (Å²) in [5.41, 5.74) is 1.11. The number of carbonyl (C=O) groups excluding carboxylic acids is 1. The van der Waals surface area contributed by atoms with Gasteiger partial charge in [0.15, 0.2) is 0 Å². The van der Waals surface area contributed by atoms with Gasteiger partial charge in [0.05, 0.1) is 0 Å². The first-order valence-corrected chi connectivity index (χ1v) is 7.71. The third kappa shape index (κ3) is 3.14. The van der Waals surface area contributed by atoms with E-state index in [9.17, 15) is 4.79 Å². The van der Waals surface area contributed by atoms with Crippen molar-refractivity contribution in [2.45, 2.75) is 19.3 Å². The van der Waals surface area contributed by atoms with Crippen molar-refractivity contribution < 1.29 is 4.79 Å². The molecule has 0 aliphatic heterocycles. The Labute approximate surface area is 122 Å². The molecule has 3 aromatic rings. The first-order valence-electron chi connectivity index (χ1n) is 6.83. The van der Waals surface area contributed by atoms with Gasteiger partial charge in [-0.2, -0.15) is 0 Å². The summed E-state index contributed by atoms with van der Waals surface area (Å²) in [4.78, 5) is 13.3. The largest absolute Gasteiger partial charge is 0.299 e. The Hall–Kier alpha value is -1.93. The summed E-state index contributed by atoms with van der Waals surface area (Å²) in [6, 6.07) is 18.7. The predicted molar refractivity (Wildman–Crippen MR) is 85.3 cm³/mol. The second kappa shape index (κ2) is 6.02. The zero-order valence-corrected chi connectivity index (χ0v) is 12.0. The average Bonchev–Trinajstić information content (AvgIpc) is 2.98. The maximum absolute atomic E-state index is 12.0. The molecule has 2 heteroatoms. The molecular formula is C18H16OS. The standard InChI is InChI=1S/C18H16OS/c19-17(9-10-18-6-3-11-20-18)13-14-7-8-15-4-1-2-5-16(15)12-14/h1-8,11-12H,9-10,13H2. The van der Waals surface area contributed by atoms with Gasteiger partial charge in [0.25, 0.3) is 0 Å². The van der Waals surface area contributed by atoms with Gasteiger partial charge in [-0.3, -0.25) is 4.79 Å². The van der Waals surface area contributed by atoms with E-state index >= 15 is 0 Å². The molecule has 0 saturated carbocycles. The molecule has 0 N–H and O–H groups in total. The highest BCUT2D eigenvalue weighted by molar-refractivity contribution is 7.09. The number of carbonyl (C=O) groups is 1. The number of hydrogen-bond donors (Lipinski definition) is 0. The Morgan fingerprint density at radius 2 is 1.80 bits per heavy atom. The highest BCUT2D eigenvalue weighted by Gasteiger charge is 2.05. The zero-order chi connectivity index (χ0) is 13.8. The van der Waals surface area contributed by atoms with Crippen LogP contribution in [0, 0.1) is 0 Å². The van der Waals surface area contributed by atoms with Crippen molar-refractivity contribution in [2.75, 3.05) is 0 Å². The summed E-state index contributed by atoms with van der Waals surface area (Å²) < 4.78 is 0. The van der Waals surface area contributed by atoms with Crippen LogP contribution in [0.5, 0.6) is 0 Å². The number of hydrogen-bond acceptors (Lipinski definition) is 2. The van der Waals surface area contributed by atoms with Crippen LogP contribution in [-0.4, -0.2) is 5.78 Å². The van der Waals surface area contributed by atoms with Crippen molar-refractivity contribution in [1.29, 1.82) is 0 Å². The third-order valence-electron chi connectivity index (χ3n) is 3.45. The fourth-order valence-corrected chi connectivity index (χ4v) is 3.09. The number of rotatable bonds is 5. The number of aryl methyl sites for hydroxylation is 1. The Balaban J connectivity index is 1.65. The normalized spacial score (nSPS) is 10.8. The van der Waals surface area contributed by atoms with E-state index in [1.54, 1.807) is 11.3 Å². The first-order chi connectivity index (χ1) is 9.81. The number of ketones is 1. The van der Waals surface area contributed by atoms with Crippen LogP contribution in [0.25, 0.3) is 10.8 Å². The van der Waals surface area contributed by atoms with Crippen molar-refractivity contribution in [1.82, 2.24) is 0 Å². The number of thiophene rings is 1. The van der Waals surface area contributed by atoms with Crippen LogP contribution in [0.2, 0.25) is 0 Å². The lowest BCUT2D eigenvalue weighted by Crippen LogP contribution is -2.03. The van der Waals surface area contributed by atoms with Crippen LogP contribution in [0.4, 0.5) is 0 Å². The van der Waals surface area contributed by atoms with Crippen molar-refractivity contribution >= 4 is 27.9 Å². The highest BCUT2D eigenvalue weighted by atomic mass is 32.1. The van der Waals surface area contributed by atoms with Gasteiger partial charge in [-0.1, -0.05) is 48.5 Å². The van der Waals surface area contributed by atoms with Gasteiger partial charge in [0.1, 0.15) is 5.78 Å². The first kappa shape index (κ1) is 13.1. The summed E-state index contributed by atoms with van der Waals surface area (Å²) in [6.07, 6.45) is 2.04. The molecule has 3 rings (SSSR count). The van der Waals surface area contributed by atoms with Crippen LogP contribution >= 0.6 is 11.3 Å². The van der Waals surface area contributed by atoms with Gasteiger partial charge in [-0.15, -0.1) is 11.3 Å². The molecule has 100 valence electrons. The molecule has 0 spiro atoms. The molecule has 1 aromatic heterocycles. The molecule has 1 nitrogen and oxygen atoms in total. The Kier molecular flexibility index (Phi) is 3.93. The molecule has 0 saturated heterocycles.